The van der Waals surface area contributed by atoms with Crippen LogP contribution in [0.1, 0.15) is 30.5 Å². The number of anilines is 1. The maximum absolute atomic E-state index is 4.62. The van der Waals surface area contributed by atoms with Gasteiger partial charge in [0, 0.05) is 49.1 Å². The SMILES string of the molecule is CCc1nc(CCNC2CCN(c3nccs3)CC2)cs1. The lowest BCUT2D eigenvalue weighted by atomic mass is 10.1. The van der Waals surface area contributed by atoms with E-state index in [4.69, 9.17) is 0 Å². The molecule has 0 bridgehead atoms. The van der Waals surface area contributed by atoms with Gasteiger partial charge in [-0.05, 0) is 19.3 Å². The van der Waals surface area contributed by atoms with Crippen LogP contribution in [0.15, 0.2) is 17.0 Å². The number of hydrogen-bond donors (Lipinski definition) is 1. The van der Waals surface area contributed by atoms with Crippen molar-refractivity contribution < 1.29 is 0 Å². The van der Waals surface area contributed by atoms with Crippen molar-refractivity contribution in [3.8, 4) is 0 Å². The summed E-state index contributed by atoms with van der Waals surface area (Å²) in [5.41, 5.74) is 1.24. The molecular formula is C15H22N4S2. The number of nitrogens with zero attached hydrogens (tertiary/aromatic N) is 3. The van der Waals surface area contributed by atoms with E-state index in [1.54, 1.807) is 22.7 Å². The Balaban J connectivity index is 1.37. The van der Waals surface area contributed by atoms with Crippen LogP contribution in [0.4, 0.5) is 5.13 Å². The summed E-state index contributed by atoms with van der Waals surface area (Å²) in [5.74, 6) is 0. The molecule has 2 aromatic rings. The molecule has 0 aliphatic carbocycles. The van der Waals surface area contributed by atoms with Crippen molar-refractivity contribution in [2.24, 2.45) is 0 Å². The monoisotopic (exact) mass is 322 g/mol. The number of aryl methyl sites for hydroxylation is 1. The highest BCUT2D eigenvalue weighted by molar-refractivity contribution is 7.13. The Morgan fingerprint density at radius 2 is 2.19 bits per heavy atom. The summed E-state index contributed by atoms with van der Waals surface area (Å²) in [6.45, 7) is 5.43. The minimum Gasteiger partial charge on any atom is -0.348 e. The van der Waals surface area contributed by atoms with Crippen molar-refractivity contribution in [1.82, 2.24) is 15.3 Å². The molecule has 1 aliphatic heterocycles. The van der Waals surface area contributed by atoms with Crippen LogP contribution in [-0.2, 0) is 12.8 Å². The maximum Gasteiger partial charge on any atom is 0.185 e. The first kappa shape index (κ1) is 14.9. The highest BCUT2D eigenvalue weighted by Crippen LogP contribution is 2.21. The third-order valence-corrected chi connectivity index (χ3v) is 5.77. The first-order valence-electron chi connectivity index (χ1n) is 7.66. The molecule has 3 heterocycles. The highest BCUT2D eigenvalue weighted by atomic mass is 32.1. The largest absolute Gasteiger partial charge is 0.348 e. The first-order chi connectivity index (χ1) is 10.3. The third-order valence-electron chi connectivity index (χ3n) is 3.90. The van der Waals surface area contributed by atoms with Gasteiger partial charge in [-0.15, -0.1) is 22.7 Å². The van der Waals surface area contributed by atoms with Gasteiger partial charge in [0.15, 0.2) is 5.13 Å². The molecule has 0 radical (unpaired) electrons. The van der Waals surface area contributed by atoms with Crippen LogP contribution in [-0.4, -0.2) is 35.6 Å². The van der Waals surface area contributed by atoms with Gasteiger partial charge in [-0.3, -0.25) is 0 Å². The zero-order valence-corrected chi connectivity index (χ0v) is 14.1. The van der Waals surface area contributed by atoms with Crippen molar-refractivity contribution >= 4 is 27.8 Å². The third kappa shape index (κ3) is 4.02. The van der Waals surface area contributed by atoms with Crippen LogP contribution >= 0.6 is 22.7 Å². The van der Waals surface area contributed by atoms with Gasteiger partial charge < -0.3 is 10.2 Å². The Morgan fingerprint density at radius 3 is 2.86 bits per heavy atom. The van der Waals surface area contributed by atoms with Gasteiger partial charge in [-0.2, -0.15) is 0 Å². The fourth-order valence-electron chi connectivity index (χ4n) is 2.68. The normalized spacial score (nSPS) is 16.5. The first-order valence-corrected chi connectivity index (χ1v) is 9.42. The highest BCUT2D eigenvalue weighted by Gasteiger charge is 2.20. The fraction of sp³-hybridized carbons (Fsp3) is 0.600. The van der Waals surface area contributed by atoms with E-state index in [9.17, 15) is 0 Å². The van der Waals surface area contributed by atoms with E-state index in [0.717, 1.165) is 32.5 Å². The summed E-state index contributed by atoms with van der Waals surface area (Å²) in [7, 11) is 0. The van der Waals surface area contributed by atoms with Gasteiger partial charge in [0.1, 0.15) is 0 Å². The predicted octanol–water partition coefficient (Wildman–Crippen LogP) is 2.96. The second-order valence-corrected chi connectivity index (χ2v) is 7.18. The van der Waals surface area contributed by atoms with Crippen molar-refractivity contribution in [2.75, 3.05) is 24.5 Å². The Bertz CT molecular complexity index is 530. The molecule has 0 aromatic carbocycles. The van der Waals surface area contributed by atoms with Crippen LogP contribution < -0.4 is 10.2 Å². The van der Waals surface area contributed by atoms with E-state index in [1.165, 1.54) is 28.7 Å². The number of aromatic nitrogens is 2. The quantitative estimate of drug-likeness (QED) is 0.888. The molecule has 114 valence electrons. The number of piperidine rings is 1. The van der Waals surface area contributed by atoms with Crippen LogP contribution in [0.25, 0.3) is 0 Å². The second-order valence-electron chi connectivity index (χ2n) is 5.37. The van der Waals surface area contributed by atoms with Gasteiger partial charge >= 0.3 is 0 Å². The molecule has 0 unspecified atom stereocenters. The summed E-state index contributed by atoms with van der Waals surface area (Å²) in [4.78, 5) is 11.4. The van der Waals surface area contributed by atoms with Crippen molar-refractivity contribution in [3.05, 3.63) is 27.7 Å². The molecule has 1 aliphatic rings. The molecular weight excluding hydrogens is 300 g/mol. The molecule has 6 heteroatoms. The molecule has 1 fully saturated rings. The fourth-order valence-corrected chi connectivity index (χ4v) is 4.15. The maximum atomic E-state index is 4.62. The Hall–Kier alpha value is -0.980. The lowest BCUT2D eigenvalue weighted by molar-refractivity contribution is 0.417. The molecule has 0 amide bonds. The van der Waals surface area contributed by atoms with Crippen molar-refractivity contribution in [2.45, 2.75) is 38.6 Å². The summed E-state index contributed by atoms with van der Waals surface area (Å²) < 4.78 is 0. The minimum absolute atomic E-state index is 0.644. The van der Waals surface area contributed by atoms with Crippen LogP contribution in [0.3, 0.4) is 0 Å². The molecule has 1 N–H and O–H groups in total. The van der Waals surface area contributed by atoms with E-state index in [2.05, 4.69) is 37.9 Å². The van der Waals surface area contributed by atoms with Crippen molar-refractivity contribution in [1.29, 1.82) is 0 Å². The van der Waals surface area contributed by atoms with Crippen molar-refractivity contribution in [3.63, 3.8) is 0 Å². The zero-order valence-electron chi connectivity index (χ0n) is 12.4. The van der Waals surface area contributed by atoms with Crippen LogP contribution in [0, 0.1) is 0 Å². The molecule has 2 aromatic heterocycles. The minimum atomic E-state index is 0.644. The van der Waals surface area contributed by atoms with E-state index in [-0.39, 0.29) is 0 Å². The van der Waals surface area contributed by atoms with Crippen LogP contribution in [0.5, 0.6) is 0 Å². The second kappa shape index (κ2) is 7.33. The number of hydrogen-bond acceptors (Lipinski definition) is 6. The summed E-state index contributed by atoms with van der Waals surface area (Å²) in [6.07, 6.45) is 6.40. The van der Waals surface area contributed by atoms with E-state index in [0.29, 0.717) is 6.04 Å². The van der Waals surface area contributed by atoms with Gasteiger partial charge in [-0.1, -0.05) is 6.92 Å². The average molecular weight is 323 g/mol. The van der Waals surface area contributed by atoms with E-state index < -0.39 is 0 Å². The molecule has 4 nitrogen and oxygen atoms in total. The molecule has 0 saturated carbocycles. The Morgan fingerprint density at radius 1 is 1.33 bits per heavy atom. The zero-order chi connectivity index (χ0) is 14.5. The lowest BCUT2D eigenvalue weighted by Crippen LogP contribution is -2.43. The molecule has 0 atom stereocenters. The summed E-state index contributed by atoms with van der Waals surface area (Å²) >= 11 is 3.52. The topological polar surface area (TPSA) is 41.1 Å². The molecule has 21 heavy (non-hydrogen) atoms. The summed E-state index contributed by atoms with van der Waals surface area (Å²) in [6, 6.07) is 0.644. The molecule has 0 spiro atoms. The van der Waals surface area contributed by atoms with Gasteiger partial charge in [0.25, 0.3) is 0 Å². The van der Waals surface area contributed by atoms with Gasteiger partial charge in [0.2, 0.25) is 0 Å². The predicted molar refractivity (Wildman–Crippen MR) is 90.5 cm³/mol. The van der Waals surface area contributed by atoms with Crippen LogP contribution in [0.2, 0.25) is 0 Å². The Labute approximate surface area is 134 Å². The Kier molecular flexibility index (Phi) is 5.22. The number of nitrogens with one attached hydrogen (secondary N) is 1. The average Bonchev–Trinajstić information content (AvgIpc) is 3.19. The summed E-state index contributed by atoms with van der Waals surface area (Å²) in [5, 5.41) is 10.4. The smallest absolute Gasteiger partial charge is 0.185 e. The van der Waals surface area contributed by atoms with Gasteiger partial charge in [0.05, 0.1) is 10.7 Å². The molecule has 1 saturated heterocycles. The number of thiazole rings is 2. The standard InChI is InChI=1S/C15H22N4S2/c1-2-14-18-13(11-21-14)3-6-16-12-4-8-19(9-5-12)15-17-7-10-20-15/h7,10-12,16H,2-6,8-9H2,1H3. The lowest BCUT2D eigenvalue weighted by Gasteiger charge is -2.32. The van der Waals surface area contributed by atoms with Gasteiger partial charge in [-0.25, -0.2) is 9.97 Å². The van der Waals surface area contributed by atoms with E-state index >= 15 is 0 Å². The van der Waals surface area contributed by atoms with E-state index in [1.807, 2.05) is 6.20 Å². The molecule has 3 rings (SSSR count). The number of rotatable bonds is 6.